The third-order valence-electron chi connectivity index (χ3n) is 6.03. The van der Waals surface area contributed by atoms with Crippen LogP contribution in [0.5, 0.6) is 0 Å². The minimum atomic E-state index is -0.884. The minimum Gasteiger partial charge on any atom is -0.436 e. The lowest BCUT2D eigenvalue weighted by atomic mass is 10.1. The molecule has 4 aromatic carbocycles. The number of aromatic nitrogens is 2. The van der Waals surface area contributed by atoms with Gasteiger partial charge in [-0.1, -0.05) is 43.7 Å². The standard InChI is InChI=1S/C16H14N2O3.C13H7FN2O3/c1-2-5-11-8-9-12(10-14(11)18(19)20)16-17-13-6-3-4-7-15(13)21-16;14-9-6-5-8(7-11(9)16(17)18)13-15-10-3-1-2-4-12(10)19-13/h3-4,6-10H,2,5H2,1H3;1-7H. The van der Waals surface area contributed by atoms with E-state index in [9.17, 15) is 24.6 Å². The predicted molar refractivity (Wildman–Crippen MR) is 146 cm³/mol. The number of benzene rings is 4. The number of rotatable bonds is 6. The molecule has 0 bridgehead atoms. The van der Waals surface area contributed by atoms with Gasteiger partial charge < -0.3 is 8.83 Å². The van der Waals surface area contributed by atoms with E-state index in [4.69, 9.17) is 8.83 Å². The fraction of sp³-hybridized carbons (Fsp3) is 0.103. The highest BCUT2D eigenvalue weighted by molar-refractivity contribution is 5.77. The zero-order valence-electron chi connectivity index (χ0n) is 21.1. The summed E-state index contributed by atoms with van der Waals surface area (Å²) >= 11 is 0. The van der Waals surface area contributed by atoms with Gasteiger partial charge in [0.05, 0.1) is 9.85 Å². The summed E-state index contributed by atoms with van der Waals surface area (Å²) in [4.78, 5) is 29.3. The van der Waals surface area contributed by atoms with E-state index in [1.807, 2.05) is 43.3 Å². The van der Waals surface area contributed by atoms with E-state index in [0.29, 0.717) is 40.1 Å². The lowest BCUT2D eigenvalue weighted by Crippen LogP contribution is -1.96. The third-order valence-corrected chi connectivity index (χ3v) is 6.03. The normalized spacial score (nSPS) is 10.8. The molecule has 0 aliphatic heterocycles. The van der Waals surface area contributed by atoms with Gasteiger partial charge in [-0.25, -0.2) is 9.97 Å². The highest BCUT2D eigenvalue weighted by Gasteiger charge is 2.18. The summed E-state index contributed by atoms with van der Waals surface area (Å²) in [5.74, 6) is -0.253. The van der Waals surface area contributed by atoms with Crippen LogP contribution in [0.3, 0.4) is 0 Å². The molecule has 0 aliphatic carbocycles. The van der Waals surface area contributed by atoms with Crippen molar-refractivity contribution in [3.63, 3.8) is 0 Å². The van der Waals surface area contributed by atoms with Crippen molar-refractivity contribution in [2.24, 2.45) is 0 Å². The number of hydrogen-bond donors (Lipinski definition) is 0. The quantitative estimate of drug-likeness (QED) is 0.153. The number of hydrogen-bond acceptors (Lipinski definition) is 8. The fourth-order valence-electron chi connectivity index (χ4n) is 4.12. The van der Waals surface area contributed by atoms with Crippen LogP contribution in [0.2, 0.25) is 0 Å². The molecule has 6 aromatic rings. The molecule has 6 rings (SSSR count). The number of halogens is 1. The number of oxazole rings is 2. The highest BCUT2D eigenvalue weighted by Crippen LogP contribution is 2.30. The number of aryl methyl sites for hydroxylation is 1. The molecule has 2 aromatic heterocycles. The molecule has 0 amide bonds. The van der Waals surface area contributed by atoms with Gasteiger partial charge >= 0.3 is 5.69 Å². The molecular weight excluding hydrogens is 519 g/mol. The van der Waals surface area contributed by atoms with Crippen molar-refractivity contribution in [1.29, 1.82) is 0 Å². The number of fused-ring (bicyclic) bond motifs is 2. The van der Waals surface area contributed by atoms with Gasteiger partial charge in [0, 0.05) is 28.8 Å². The molecule has 0 radical (unpaired) electrons. The van der Waals surface area contributed by atoms with Crippen molar-refractivity contribution in [2.75, 3.05) is 0 Å². The molecule has 0 atom stereocenters. The van der Waals surface area contributed by atoms with Gasteiger partial charge in [0.15, 0.2) is 11.2 Å². The highest BCUT2D eigenvalue weighted by atomic mass is 19.1. The van der Waals surface area contributed by atoms with Crippen LogP contribution in [-0.2, 0) is 6.42 Å². The van der Waals surface area contributed by atoms with Gasteiger partial charge in [0.2, 0.25) is 17.6 Å². The van der Waals surface area contributed by atoms with Crippen LogP contribution >= 0.6 is 0 Å². The monoisotopic (exact) mass is 540 g/mol. The van der Waals surface area contributed by atoms with Gasteiger partial charge in [-0.15, -0.1) is 0 Å². The fourth-order valence-corrected chi connectivity index (χ4v) is 4.12. The summed E-state index contributed by atoms with van der Waals surface area (Å²) in [6.07, 6.45) is 1.55. The number of para-hydroxylation sites is 4. The van der Waals surface area contributed by atoms with Crippen molar-refractivity contribution in [2.45, 2.75) is 19.8 Å². The summed E-state index contributed by atoms with van der Waals surface area (Å²) in [6, 6.07) is 23.2. The Morgan fingerprint density at radius 2 is 1.23 bits per heavy atom. The third kappa shape index (κ3) is 5.39. The molecule has 0 unspecified atom stereocenters. The summed E-state index contributed by atoms with van der Waals surface area (Å²) in [5.41, 5.74) is 3.88. The van der Waals surface area contributed by atoms with Gasteiger partial charge in [0.25, 0.3) is 5.69 Å². The minimum absolute atomic E-state index is 0.122. The summed E-state index contributed by atoms with van der Waals surface area (Å²) in [5, 5.41) is 21.9. The van der Waals surface area contributed by atoms with E-state index in [2.05, 4.69) is 9.97 Å². The largest absolute Gasteiger partial charge is 0.436 e. The molecule has 10 nitrogen and oxygen atoms in total. The lowest BCUT2D eigenvalue weighted by Gasteiger charge is -2.02. The van der Waals surface area contributed by atoms with Crippen LogP contribution in [-0.4, -0.2) is 19.8 Å². The molecule has 0 N–H and O–H groups in total. The average molecular weight is 541 g/mol. The van der Waals surface area contributed by atoms with Crippen molar-refractivity contribution < 1.29 is 23.1 Å². The van der Waals surface area contributed by atoms with Crippen LogP contribution < -0.4 is 0 Å². The smallest absolute Gasteiger partial charge is 0.305 e. The molecule has 200 valence electrons. The van der Waals surface area contributed by atoms with Gasteiger partial charge in [-0.2, -0.15) is 4.39 Å². The molecule has 0 saturated carbocycles. The maximum Gasteiger partial charge on any atom is 0.305 e. The molecule has 40 heavy (non-hydrogen) atoms. The lowest BCUT2D eigenvalue weighted by molar-refractivity contribution is -0.387. The first-order chi connectivity index (χ1) is 19.3. The Labute approximate surface area is 226 Å². The van der Waals surface area contributed by atoms with E-state index in [-0.39, 0.29) is 16.5 Å². The Bertz CT molecular complexity index is 1800. The number of nitro benzene ring substituents is 2. The maximum atomic E-state index is 13.2. The van der Waals surface area contributed by atoms with Crippen LogP contribution in [0.15, 0.2) is 93.8 Å². The van der Waals surface area contributed by atoms with Crippen LogP contribution in [0, 0.1) is 26.0 Å². The van der Waals surface area contributed by atoms with E-state index in [1.54, 1.807) is 24.3 Å². The second-order valence-electron chi connectivity index (χ2n) is 8.75. The second-order valence-corrected chi connectivity index (χ2v) is 8.75. The molecular formula is C29H21FN4O6. The van der Waals surface area contributed by atoms with Gasteiger partial charge in [-0.05, 0) is 48.9 Å². The zero-order chi connectivity index (χ0) is 28.2. The Morgan fingerprint density at radius 3 is 1.73 bits per heavy atom. The second kappa shape index (κ2) is 11.1. The maximum absolute atomic E-state index is 13.2. The first kappa shape index (κ1) is 26.2. The Hall–Kier alpha value is -5.45. The van der Waals surface area contributed by atoms with Gasteiger partial charge in [0.1, 0.15) is 11.0 Å². The number of nitrogens with zero attached hydrogens (tertiary/aromatic N) is 4. The summed E-state index contributed by atoms with van der Waals surface area (Å²) in [6.45, 7) is 2.00. The Morgan fingerprint density at radius 1 is 0.725 bits per heavy atom. The van der Waals surface area contributed by atoms with Crippen molar-refractivity contribution in [1.82, 2.24) is 9.97 Å². The van der Waals surface area contributed by atoms with E-state index in [0.717, 1.165) is 29.6 Å². The van der Waals surface area contributed by atoms with Crippen molar-refractivity contribution in [3.05, 3.63) is 117 Å². The Kier molecular flexibility index (Phi) is 7.27. The molecule has 11 heteroatoms. The average Bonchev–Trinajstić information content (AvgIpc) is 3.58. The van der Waals surface area contributed by atoms with E-state index < -0.39 is 16.4 Å². The van der Waals surface area contributed by atoms with Crippen LogP contribution in [0.25, 0.3) is 45.1 Å². The molecule has 0 aliphatic rings. The first-order valence-corrected chi connectivity index (χ1v) is 12.3. The predicted octanol–water partition coefficient (Wildman–Crippen LogP) is 7.90. The van der Waals surface area contributed by atoms with Crippen LogP contribution in [0.4, 0.5) is 15.8 Å². The summed E-state index contributed by atoms with van der Waals surface area (Å²) in [7, 11) is 0. The van der Waals surface area contributed by atoms with Crippen molar-refractivity contribution in [3.8, 4) is 22.9 Å². The topological polar surface area (TPSA) is 138 Å². The molecule has 0 spiro atoms. The SMILES string of the molecule is CCCc1ccc(-c2nc3ccccc3o2)cc1[N+](=O)[O-].O=[N+]([O-])c1cc(-c2nc3ccccc3o2)ccc1F. The summed E-state index contributed by atoms with van der Waals surface area (Å²) < 4.78 is 24.4. The molecule has 0 saturated heterocycles. The first-order valence-electron chi connectivity index (χ1n) is 12.3. The number of nitro groups is 2. The van der Waals surface area contributed by atoms with E-state index in [1.165, 1.54) is 12.1 Å². The zero-order valence-corrected chi connectivity index (χ0v) is 21.1. The van der Waals surface area contributed by atoms with Gasteiger partial charge in [-0.3, -0.25) is 20.2 Å². The molecule has 0 fully saturated rings. The van der Waals surface area contributed by atoms with E-state index >= 15 is 0 Å². The van der Waals surface area contributed by atoms with Crippen molar-refractivity contribution >= 4 is 33.6 Å². The molecule has 2 heterocycles. The van der Waals surface area contributed by atoms with Crippen LogP contribution in [0.1, 0.15) is 18.9 Å². The Balaban J connectivity index is 0.000000162.